The van der Waals surface area contributed by atoms with E-state index < -0.39 is 11.5 Å². The molecule has 41 heavy (non-hydrogen) atoms. The summed E-state index contributed by atoms with van der Waals surface area (Å²) >= 11 is 0. The average Bonchev–Trinajstić information content (AvgIpc) is 3.40. The van der Waals surface area contributed by atoms with E-state index in [0.29, 0.717) is 42.2 Å². The second kappa shape index (κ2) is 10.1. The molecule has 0 aliphatic carbocycles. The maximum atomic E-state index is 15.8. The molecule has 0 radical (unpaired) electrons. The minimum Gasteiger partial charge on any atom is -0.489 e. The number of carbonyl (C=O) groups excluding carboxylic acids is 1. The monoisotopic (exact) mass is 559 g/mol. The standard InChI is InChI=1S/C28H30FN9O3/c1-6-22(39)37-16(4)12-35(13-17(37)5)26-18-11-19(29)24-20-14-36(34-33-20)9-10-41-21-7-8-30-23(15(2)3)25(21)38(27(18)31-24)28(40)32-26/h6-8,11,14-17H,1,9-10,12-13H2,2-5H3. The van der Waals surface area contributed by atoms with Crippen LogP contribution in [0.2, 0.25) is 0 Å². The maximum absolute atomic E-state index is 15.8. The summed E-state index contributed by atoms with van der Waals surface area (Å²) in [6.07, 6.45) is 4.52. The highest BCUT2D eigenvalue weighted by Gasteiger charge is 2.34. The molecule has 13 heteroatoms. The van der Waals surface area contributed by atoms with E-state index in [-0.39, 0.29) is 53.4 Å². The number of carbonyl (C=O) groups is 1. The summed E-state index contributed by atoms with van der Waals surface area (Å²) < 4.78 is 24.9. The van der Waals surface area contributed by atoms with Crippen molar-refractivity contribution in [2.24, 2.45) is 0 Å². The van der Waals surface area contributed by atoms with Crippen LogP contribution in [-0.2, 0) is 11.3 Å². The highest BCUT2D eigenvalue weighted by molar-refractivity contribution is 5.91. The quantitative estimate of drug-likeness (QED) is 0.349. The predicted molar refractivity (Wildman–Crippen MR) is 150 cm³/mol. The van der Waals surface area contributed by atoms with Crippen LogP contribution in [0.3, 0.4) is 0 Å². The number of rotatable bonds is 3. The Bertz CT molecular complexity index is 1740. The van der Waals surface area contributed by atoms with Crippen LogP contribution in [0.15, 0.2) is 42.0 Å². The summed E-state index contributed by atoms with van der Waals surface area (Å²) in [4.78, 5) is 43.9. The molecule has 0 aromatic carbocycles. The van der Waals surface area contributed by atoms with Crippen molar-refractivity contribution >= 4 is 22.8 Å². The second-order valence-corrected chi connectivity index (χ2v) is 10.7. The highest BCUT2D eigenvalue weighted by atomic mass is 19.1. The molecule has 2 unspecified atom stereocenters. The van der Waals surface area contributed by atoms with Gasteiger partial charge in [-0.3, -0.25) is 9.78 Å². The molecule has 6 rings (SSSR count). The van der Waals surface area contributed by atoms with Gasteiger partial charge in [0.25, 0.3) is 0 Å². The fraction of sp³-hybridized carbons (Fsp3) is 0.393. The van der Waals surface area contributed by atoms with Crippen molar-refractivity contribution in [2.45, 2.75) is 52.2 Å². The van der Waals surface area contributed by atoms with Gasteiger partial charge in [-0.1, -0.05) is 25.6 Å². The van der Waals surface area contributed by atoms with Gasteiger partial charge in [0.1, 0.15) is 35.2 Å². The van der Waals surface area contributed by atoms with Crippen LogP contribution < -0.4 is 15.3 Å². The van der Waals surface area contributed by atoms with E-state index in [1.54, 1.807) is 28.0 Å². The number of hydrogen-bond acceptors (Lipinski definition) is 9. The van der Waals surface area contributed by atoms with E-state index in [9.17, 15) is 9.59 Å². The Morgan fingerprint density at radius 1 is 1.22 bits per heavy atom. The molecule has 6 heterocycles. The molecule has 4 aromatic heterocycles. The Labute approximate surface area is 235 Å². The zero-order valence-corrected chi connectivity index (χ0v) is 23.3. The van der Waals surface area contributed by atoms with Gasteiger partial charge in [-0.05, 0) is 31.9 Å². The number of nitrogens with zero attached hydrogens (tertiary/aromatic N) is 9. The van der Waals surface area contributed by atoms with Crippen LogP contribution >= 0.6 is 0 Å². The summed E-state index contributed by atoms with van der Waals surface area (Å²) in [5.41, 5.74) is 0.808. The first kappa shape index (κ1) is 26.5. The first-order valence-corrected chi connectivity index (χ1v) is 13.5. The van der Waals surface area contributed by atoms with Crippen LogP contribution in [0.4, 0.5) is 10.2 Å². The average molecular weight is 560 g/mol. The number of amides is 1. The molecule has 1 amide bonds. The zero-order chi connectivity index (χ0) is 29.0. The predicted octanol–water partition coefficient (Wildman–Crippen LogP) is 2.70. The SMILES string of the molecule is C=CC(=O)N1C(C)CN(c2nc(=O)n3c4nc(c(F)cc24)-c2cn(nn2)CCOc2ccnc(C(C)C)c2-3)CC1C. The summed E-state index contributed by atoms with van der Waals surface area (Å²) in [5, 5.41) is 8.56. The number of anilines is 1. The summed E-state index contributed by atoms with van der Waals surface area (Å²) in [7, 11) is 0. The molecular weight excluding hydrogens is 529 g/mol. The lowest BCUT2D eigenvalue weighted by Crippen LogP contribution is -2.58. The maximum Gasteiger partial charge on any atom is 0.356 e. The number of hydrogen-bond donors (Lipinski definition) is 0. The van der Waals surface area contributed by atoms with Crippen molar-refractivity contribution in [1.29, 1.82) is 0 Å². The van der Waals surface area contributed by atoms with Crippen LogP contribution in [0.1, 0.15) is 39.3 Å². The number of piperazine rings is 1. The number of ether oxygens (including phenoxy) is 1. The molecular formula is C28H30FN9O3. The van der Waals surface area contributed by atoms with Crippen molar-refractivity contribution < 1.29 is 13.9 Å². The van der Waals surface area contributed by atoms with E-state index in [4.69, 9.17) is 4.74 Å². The molecule has 4 bridgehead atoms. The van der Waals surface area contributed by atoms with E-state index in [2.05, 4.69) is 31.8 Å². The van der Waals surface area contributed by atoms with Gasteiger partial charge in [0.05, 0.1) is 23.8 Å². The normalized spacial score (nSPS) is 18.6. The molecule has 1 fully saturated rings. The number of pyridine rings is 2. The molecule has 0 spiro atoms. The zero-order valence-electron chi connectivity index (χ0n) is 23.3. The number of aromatic nitrogens is 7. The first-order chi connectivity index (χ1) is 19.7. The van der Waals surface area contributed by atoms with E-state index in [1.165, 1.54) is 16.7 Å². The van der Waals surface area contributed by atoms with Crippen LogP contribution in [0, 0.1) is 5.82 Å². The third-order valence-electron chi connectivity index (χ3n) is 7.49. The fourth-order valence-electron chi connectivity index (χ4n) is 5.74. The summed E-state index contributed by atoms with van der Waals surface area (Å²) in [5.74, 6) is -0.156. The Hall–Kier alpha value is -4.68. The van der Waals surface area contributed by atoms with E-state index >= 15 is 4.39 Å². The van der Waals surface area contributed by atoms with E-state index in [1.807, 2.05) is 32.6 Å². The first-order valence-electron chi connectivity index (χ1n) is 13.5. The molecule has 212 valence electrons. The van der Waals surface area contributed by atoms with Gasteiger partial charge in [0, 0.05) is 37.4 Å². The number of fused-ring (bicyclic) bond motifs is 6. The molecule has 2 aliphatic heterocycles. The van der Waals surface area contributed by atoms with Crippen molar-refractivity contribution in [3.8, 4) is 22.8 Å². The Morgan fingerprint density at radius 2 is 1.98 bits per heavy atom. The minimum absolute atomic E-state index is 0.0322. The molecule has 2 aliphatic rings. The molecule has 0 N–H and O–H groups in total. The molecule has 0 saturated carbocycles. The summed E-state index contributed by atoms with van der Waals surface area (Å²) in [6.45, 7) is 12.7. The fourth-order valence-corrected chi connectivity index (χ4v) is 5.74. The van der Waals surface area contributed by atoms with E-state index in [0.717, 1.165) is 0 Å². The van der Waals surface area contributed by atoms with Gasteiger partial charge in [-0.25, -0.2) is 23.4 Å². The molecule has 12 nitrogen and oxygen atoms in total. The molecule has 4 aromatic rings. The Balaban J connectivity index is 1.64. The highest BCUT2D eigenvalue weighted by Crippen LogP contribution is 2.35. The third-order valence-corrected chi connectivity index (χ3v) is 7.49. The van der Waals surface area contributed by atoms with Gasteiger partial charge in [0.15, 0.2) is 11.5 Å². The van der Waals surface area contributed by atoms with Crippen molar-refractivity contribution in [3.63, 3.8) is 0 Å². The lowest BCUT2D eigenvalue weighted by molar-refractivity contribution is -0.130. The van der Waals surface area contributed by atoms with Crippen molar-refractivity contribution in [1.82, 2.24) is 39.4 Å². The lowest BCUT2D eigenvalue weighted by atomic mass is 10.1. The molecule has 2 atom stereocenters. The molecule has 1 saturated heterocycles. The third kappa shape index (κ3) is 4.41. The van der Waals surface area contributed by atoms with Crippen LogP contribution in [-0.4, -0.2) is 77.1 Å². The topological polar surface area (TPSA) is 124 Å². The van der Waals surface area contributed by atoms with Gasteiger partial charge < -0.3 is 14.5 Å². The smallest absolute Gasteiger partial charge is 0.356 e. The minimum atomic E-state index is -0.622. The van der Waals surface area contributed by atoms with Crippen LogP contribution in [0.5, 0.6) is 5.75 Å². The Morgan fingerprint density at radius 3 is 2.68 bits per heavy atom. The largest absolute Gasteiger partial charge is 0.489 e. The van der Waals surface area contributed by atoms with Crippen LogP contribution in [0.25, 0.3) is 28.1 Å². The lowest BCUT2D eigenvalue weighted by Gasteiger charge is -2.44. The van der Waals surface area contributed by atoms with Gasteiger partial charge in [0.2, 0.25) is 5.91 Å². The number of halogens is 1. The summed E-state index contributed by atoms with van der Waals surface area (Å²) in [6, 6.07) is 2.61. The second-order valence-electron chi connectivity index (χ2n) is 10.7. The van der Waals surface area contributed by atoms with Gasteiger partial charge in [-0.2, -0.15) is 4.98 Å². The van der Waals surface area contributed by atoms with Crippen molar-refractivity contribution in [3.05, 3.63) is 59.2 Å². The van der Waals surface area contributed by atoms with Crippen molar-refractivity contribution in [2.75, 3.05) is 24.6 Å². The van der Waals surface area contributed by atoms with Gasteiger partial charge in [-0.15, -0.1) is 5.10 Å². The Kier molecular flexibility index (Phi) is 6.51. The van der Waals surface area contributed by atoms with Gasteiger partial charge >= 0.3 is 5.69 Å².